The van der Waals surface area contributed by atoms with E-state index < -0.39 is 29.3 Å². The molecule has 0 aromatic heterocycles. The Morgan fingerprint density at radius 2 is 1.67 bits per heavy atom. The highest BCUT2D eigenvalue weighted by atomic mass is 19.1. The SMILES string of the molecule is CCCCN(C(=O)OCc1ccccc1)[C@@H]1CCc2cc(OCc3ccccc3)c(NC(C(=O)O)C(C)(C)C)c(F)c2C1. The van der Waals surface area contributed by atoms with Gasteiger partial charge in [-0.15, -0.1) is 0 Å². The van der Waals surface area contributed by atoms with E-state index >= 15 is 4.39 Å². The van der Waals surface area contributed by atoms with E-state index in [0.717, 1.165) is 29.5 Å². The molecule has 0 fully saturated rings. The maximum absolute atomic E-state index is 16.5. The van der Waals surface area contributed by atoms with E-state index in [2.05, 4.69) is 12.2 Å². The van der Waals surface area contributed by atoms with Gasteiger partial charge in [0.25, 0.3) is 0 Å². The topological polar surface area (TPSA) is 88.1 Å². The molecule has 0 saturated carbocycles. The number of carbonyl (C=O) groups excluding carboxylic acids is 1. The standard InChI is InChI=1S/C35H43FN2O5/c1-5-6-19-38(34(41)43-23-25-15-11-8-12-16-25)27-18-17-26-20-29(42-22-24-13-9-7-10-14-24)31(30(36)28(26)21-27)37-32(33(39)40)35(2,3)4/h7-16,20,27,32,37H,5-6,17-19,21-23H2,1-4H3,(H,39,40)/t27-,32?/m1/s1. The maximum atomic E-state index is 16.5. The highest BCUT2D eigenvalue weighted by Gasteiger charge is 2.36. The van der Waals surface area contributed by atoms with Gasteiger partial charge in [-0.1, -0.05) is 94.8 Å². The number of unbranched alkanes of at least 4 members (excludes halogenated alkanes) is 1. The van der Waals surface area contributed by atoms with Crippen molar-refractivity contribution < 1.29 is 28.6 Å². The van der Waals surface area contributed by atoms with Crippen molar-refractivity contribution in [3.63, 3.8) is 0 Å². The molecule has 2 atom stereocenters. The van der Waals surface area contributed by atoms with Gasteiger partial charge in [0.15, 0.2) is 5.82 Å². The number of anilines is 1. The highest BCUT2D eigenvalue weighted by Crippen LogP contribution is 2.39. The second-order valence-electron chi connectivity index (χ2n) is 12.2. The second-order valence-corrected chi connectivity index (χ2v) is 12.2. The van der Waals surface area contributed by atoms with Gasteiger partial charge in [-0.3, -0.25) is 0 Å². The summed E-state index contributed by atoms with van der Waals surface area (Å²) in [5.74, 6) is -1.34. The van der Waals surface area contributed by atoms with E-state index in [9.17, 15) is 14.7 Å². The number of nitrogens with one attached hydrogen (secondary N) is 1. The molecule has 0 heterocycles. The number of carboxylic acid groups (broad SMARTS) is 1. The number of carboxylic acids is 1. The molecule has 230 valence electrons. The van der Waals surface area contributed by atoms with Crippen molar-refractivity contribution in [1.29, 1.82) is 0 Å². The Balaban J connectivity index is 1.63. The number of aryl methyl sites for hydroxylation is 1. The minimum atomic E-state index is -1.08. The van der Waals surface area contributed by atoms with Crippen molar-refractivity contribution in [1.82, 2.24) is 4.90 Å². The summed E-state index contributed by atoms with van der Waals surface area (Å²) in [6, 6.07) is 19.6. The van der Waals surface area contributed by atoms with Gasteiger partial charge in [-0.05, 0) is 59.4 Å². The van der Waals surface area contributed by atoms with Crippen LogP contribution >= 0.6 is 0 Å². The van der Waals surface area contributed by atoms with Crippen LogP contribution in [-0.4, -0.2) is 40.7 Å². The van der Waals surface area contributed by atoms with Gasteiger partial charge < -0.3 is 24.8 Å². The quantitative estimate of drug-likeness (QED) is 0.226. The predicted octanol–water partition coefficient (Wildman–Crippen LogP) is 7.61. The zero-order chi connectivity index (χ0) is 31.0. The van der Waals surface area contributed by atoms with Crippen LogP contribution in [-0.2, 0) is 35.6 Å². The molecule has 0 radical (unpaired) electrons. The summed E-state index contributed by atoms with van der Waals surface area (Å²) >= 11 is 0. The zero-order valence-electron chi connectivity index (χ0n) is 25.6. The Kier molecular flexibility index (Phi) is 10.7. The Hall–Kier alpha value is -4.07. The van der Waals surface area contributed by atoms with E-state index in [1.54, 1.807) is 25.7 Å². The second kappa shape index (κ2) is 14.4. The van der Waals surface area contributed by atoms with Crippen molar-refractivity contribution in [2.45, 2.75) is 85.1 Å². The number of halogens is 1. The van der Waals surface area contributed by atoms with Crippen LogP contribution in [0.3, 0.4) is 0 Å². The molecule has 3 aromatic rings. The van der Waals surface area contributed by atoms with E-state index in [1.807, 2.05) is 66.7 Å². The fraction of sp³-hybridized carbons (Fsp3) is 0.429. The van der Waals surface area contributed by atoms with E-state index in [4.69, 9.17) is 9.47 Å². The fourth-order valence-electron chi connectivity index (χ4n) is 5.42. The Labute approximate surface area is 254 Å². The number of hydrogen-bond donors (Lipinski definition) is 2. The molecule has 1 amide bonds. The number of amides is 1. The molecule has 1 unspecified atom stereocenters. The van der Waals surface area contributed by atoms with Crippen molar-refractivity contribution >= 4 is 17.7 Å². The normalized spacial score (nSPS) is 15.2. The summed E-state index contributed by atoms with van der Waals surface area (Å²) in [5.41, 5.74) is 2.42. The fourth-order valence-corrected chi connectivity index (χ4v) is 5.42. The molecule has 0 saturated heterocycles. The third-order valence-corrected chi connectivity index (χ3v) is 7.88. The van der Waals surface area contributed by atoms with Gasteiger partial charge in [0.2, 0.25) is 0 Å². The Morgan fingerprint density at radius 1 is 1.05 bits per heavy atom. The Morgan fingerprint density at radius 3 is 2.26 bits per heavy atom. The van der Waals surface area contributed by atoms with Crippen LogP contribution in [0.4, 0.5) is 14.9 Å². The first-order valence-electron chi connectivity index (χ1n) is 15.1. The molecule has 0 spiro atoms. The van der Waals surface area contributed by atoms with Crippen molar-refractivity contribution in [3.05, 3.63) is 94.8 Å². The van der Waals surface area contributed by atoms with E-state index in [1.165, 1.54) is 0 Å². The lowest BCUT2D eigenvalue weighted by Crippen LogP contribution is -2.44. The number of aliphatic carboxylic acids is 1. The van der Waals surface area contributed by atoms with Gasteiger partial charge in [-0.2, -0.15) is 0 Å². The number of nitrogens with zero attached hydrogens (tertiary/aromatic N) is 1. The van der Waals surface area contributed by atoms with Crippen molar-refractivity contribution in [2.24, 2.45) is 5.41 Å². The lowest BCUT2D eigenvalue weighted by molar-refractivity contribution is -0.140. The molecule has 1 aliphatic carbocycles. The van der Waals surface area contributed by atoms with Crippen LogP contribution in [0.1, 0.15) is 69.2 Å². The average Bonchev–Trinajstić information content (AvgIpc) is 2.99. The summed E-state index contributed by atoms with van der Waals surface area (Å²) in [6.07, 6.45) is 2.80. The smallest absolute Gasteiger partial charge is 0.410 e. The summed E-state index contributed by atoms with van der Waals surface area (Å²) in [4.78, 5) is 27.3. The zero-order valence-corrected chi connectivity index (χ0v) is 25.6. The minimum absolute atomic E-state index is 0.0319. The van der Waals surface area contributed by atoms with Crippen LogP contribution in [0.2, 0.25) is 0 Å². The van der Waals surface area contributed by atoms with Crippen LogP contribution in [0.5, 0.6) is 5.75 Å². The molecular formula is C35H43FN2O5. The summed E-state index contributed by atoms with van der Waals surface area (Å²) in [7, 11) is 0. The first-order chi connectivity index (χ1) is 20.6. The predicted molar refractivity (Wildman–Crippen MR) is 166 cm³/mol. The molecule has 2 N–H and O–H groups in total. The molecule has 4 rings (SSSR count). The van der Waals surface area contributed by atoms with Crippen molar-refractivity contribution in [2.75, 3.05) is 11.9 Å². The van der Waals surface area contributed by atoms with Gasteiger partial charge in [0, 0.05) is 12.6 Å². The van der Waals surface area contributed by atoms with E-state index in [-0.39, 0.29) is 30.7 Å². The van der Waals surface area contributed by atoms with Gasteiger partial charge >= 0.3 is 12.1 Å². The third kappa shape index (κ3) is 8.27. The molecule has 1 aliphatic rings. The maximum Gasteiger partial charge on any atom is 0.410 e. The van der Waals surface area contributed by atoms with Crippen molar-refractivity contribution in [3.8, 4) is 5.75 Å². The summed E-state index contributed by atoms with van der Waals surface area (Å²) in [5, 5.41) is 13.0. The lowest BCUT2D eigenvalue weighted by Gasteiger charge is -2.36. The number of hydrogen-bond acceptors (Lipinski definition) is 5. The number of benzene rings is 3. The van der Waals surface area contributed by atoms with E-state index in [0.29, 0.717) is 31.4 Å². The number of rotatable bonds is 12. The van der Waals surface area contributed by atoms with Crippen LogP contribution in [0.15, 0.2) is 66.7 Å². The highest BCUT2D eigenvalue weighted by molar-refractivity contribution is 5.80. The molecule has 8 heteroatoms. The molecule has 3 aromatic carbocycles. The van der Waals surface area contributed by atoms with Crippen LogP contribution < -0.4 is 10.1 Å². The first kappa shape index (κ1) is 31.9. The molecule has 7 nitrogen and oxygen atoms in total. The third-order valence-electron chi connectivity index (χ3n) is 7.88. The first-order valence-corrected chi connectivity index (χ1v) is 15.1. The Bertz CT molecular complexity index is 1370. The average molecular weight is 591 g/mol. The molecular weight excluding hydrogens is 547 g/mol. The minimum Gasteiger partial charge on any atom is -0.487 e. The number of carbonyl (C=O) groups is 2. The van der Waals surface area contributed by atoms with Gasteiger partial charge in [0.05, 0.1) is 0 Å². The van der Waals surface area contributed by atoms with Gasteiger partial charge in [0.1, 0.15) is 30.7 Å². The van der Waals surface area contributed by atoms with Gasteiger partial charge in [-0.25, -0.2) is 14.0 Å². The molecule has 0 aliphatic heterocycles. The number of fused-ring (bicyclic) bond motifs is 1. The molecule has 43 heavy (non-hydrogen) atoms. The molecule has 0 bridgehead atoms. The monoisotopic (exact) mass is 590 g/mol. The summed E-state index contributed by atoms with van der Waals surface area (Å²) in [6.45, 7) is 8.33. The lowest BCUT2D eigenvalue weighted by atomic mass is 9.84. The number of ether oxygens (including phenoxy) is 2. The van der Waals surface area contributed by atoms with Crippen LogP contribution in [0.25, 0.3) is 0 Å². The largest absolute Gasteiger partial charge is 0.487 e. The summed E-state index contributed by atoms with van der Waals surface area (Å²) < 4.78 is 28.4. The van der Waals surface area contributed by atoms with Crippen LogP contribution in [0, 0.1) is 11.2 Å².